The van der Waals surface area contributed by atoms with Gasteiger partial charge in [0.05, 0.1) is 12.8 Å². The second-order valence-electron chi connectivity index (χ2n) is 2.08. The fourth-order valence-corrected chi connectivity index (χ4v) is 0.831. The summed E-state index contributed by atoms with van der Waals surface area (Å²) >= 11 is 0. The van der Waals surface area contributed by atoms with Crippen LogP contribution < -0.4 is 15.6 Å². The molecule has 3 heteroatoms. The molecule has 0 bridgehead atoms. The van der Waals surface area contributed by atoms with E-state index in [0.29, 0.717) is 0 Å². The molecule has 11 heavy (non-hydrogen) atoms. The van der Waals surface area contributed by atoms with Crippen molar-refractivity contribution in [2.45, 2.75) is 0 Å². The van der Waals surface area contributed by atoms with Crippen LogP contribution in [0.2, 0.25) is 0 Å². The normalized spacial score (nSPS) is 9.27. The van der Waals surface area contributed by atoms with Crippen LogP contribution in [0.25, 0.3) is 0 Å². The van der Waals surface area contributed by atoms with Crippen molar-refractivity contribution in [1.82, 2.24) is 0 Å². The zero-order valence-electron chi connectivity index (χ0n) is 6.50. The molecule has 0 atom stereocenters. The minimum Gasteiger partial charge on any atom is -0.497 e. The Labute approximate surface area is 66.3 Å². The molecule has 3 nitrogen and oxygen atoms in total. The van der Waals surface area contributed by atoms with Crippen molar-refractivity contribution >= 4 is 5.69 Å². The van der Waals surface area contributed by atoms with Crippen molar-refractivity contribution in [3.05, 3.63) is 31.3 Å². The molecule has 0 amide bonds. The second-order valence-corrected chi connectivity index (χ2v) is 2.08. The molecule has 1 aromatic carbocycles. The molecule has 0 aromatic heterocycles. The third-order valence-corrected chi connectivity index (χ3v) is 1.34. The molecule has 0 unspecified atom stereocenters. The minimum absolute atomic E-state index is 0.844. The molecular formula is C8H12N2O. The van der Waals surface area contributed by atoms with Crippen molar-refractivity contribution < 1.29 is 10.2 Å². The topological polar surface area (TPSA) is 37.9 Å². The summed E-state index contributed by atoms with van der Waals surface area (Å²) < 4.78 is 5.03. The lowest BCUT2D eigenvalue weighted by Gasteiger charge is -2.05. The number of hydrogen-bond acceptors (Lipinski definition) is 2. The molecule has 0 aliphatic carbocycles. The molecule has 0 radical (unpaired) electrons. The van der Waals surface area contributed by atoms with Gasteiger partial charge < -0.3 is 10.2 Å². The summed E-state index contributed by atoms with van der Waals surface area (Å²) in [6, 6.07) is 7.67. The Morgan fingerprint density at radius 3 is 3.00 bits per heavy atom. The Kier molecular flexibility index (Phi) is 2.74. The standard InChI is InChI=1S/C8H12N2O/c1-9-10-7-4-3-5-8(6-7)11-2/h3-6,10H,1,9H2,2H3. The first-order valence-electron chi connectivity index (χ1n) is 3.38. The zero-order valence-corrected chi connectivity index (χ0v) is 6.50. The molecule has 1 rings (SSSR count). The molecule has 0 heterocycles. The van der Waals surface area contributed by atoms with Gasteiger partial charge in [-0.3, -0.25) is 5.43 Å². The number of nitrogen functional groups attached to an aromatic ring is 1. The van der Waals surface area contributed by atoms with Crippen LogP contribution in [0.1, 0.15) is 0 Å². The Morgan fingerprint density at radius 1 is 1.55 bits per heavy atom. The smallest absolute Gasteiger partial charge is 0.121 e. The highest BCUT2D eigenvalue weighted by molar-refractivity contribution is 5.45. The number of rotatable bonds is 3. The quantitative estimate of drug-likeness (QED) is 0.373. The largest absolute Gasteiger partial charge is 0.497 e. The van der Waals surface area contributed by atoms with E-state index < -0.39 is 0 Å². The van der Waals surface area contributed by atoms with Gasteiger partial charge in [0, 0.05) is 6.07 Å². The molecule has 3 N–H and O–H groups in total. The van der Waals surface area contributed by atoms with Crippen LogP contribution in [0.5, 0.6) is 5.75 Å². The van der Waals surface area contributed by atoms with E-state index in [-0.39, 0.29) is 0 Å². The van der Waals surface area contributed by atoms with Crippen molar-refractivity contribution in [2.24, 2.45) is 0 Å². The average molecular weight is 152 g/mol. The summed E-state index contributed by atoms with van der Waals surface area (Å²) in [4.78, 5) is 0. The van der Waals surface area contributed by atoms with Gasteiger partial charge in [0.1, 0.15) is 5.75 Å². The van der Waals surface area contributed by atoms with Crippen LogP contribution in [0.4, 0.5) is 5.69 Å². The Morgan fingerprint density at radius 2 is 2.36 bits per heavy atom. The lowest BCUT2D eigenvalue weighted by molar-refractivity contribution is -0.563. The highest BCUT2D eigenvalue weighted by Crippen LogP contribution is 2.14. The van der Waals surface area contributed by atoms with Gasteiger partial charge in [0.25, 0.3) is 0 Å². The van der Waals surface area contributed by atoms with Crippen LogP contribution in [0.3, 0.4) is 0 Å². The maximum atomic E-state index is 5.03. The van der Waals surface area contributed by atoms with E-state index in [9.17, 15) is 0 Å². The molecule has 1 aromatic rings. The van der Waals surface area contributed by atoms with Gasteiger partial charge in [0.15, 0.2) is 0 Å². The third kappa shape index (κ3) is 2.13. The number of nitrogens with one attached hydrogen (secondary N) is 1. The first-order valence-corrected chi connectivity index (χ1v) is 3.38. The molecule has 60 valence electrons. The molecule has 0 fully saturated rings. The molecule has 0 aliphatic heterocycles. The number of anilines is 1. The molecular weight excluding hydrogens is 140 g/mol. The summed E-state index contributed by atoms with van der Waals surface area (Å²) in [5, 5.41) is 0. The number of methoxy groups -OCH3 is 1. The monoisotopic (exact) mass is 152 g/mol. The van der Waals surface area contributed by atoms with Crippen molar-refractivity contribution in [3.63, 3.8) is 0 Å². The molecule has 0 saturated carbocycles. The summed E-state index contributed by atoms with van der Waals surface area (Å²) in [7, 11) is 5.21. The maximum Gasteiger partial charge on any atom is 0.121 e. The number of quaternary nitrogens is 1. The van der Waals surface area contributed by atoms with Crippen molar-refractivity contribution in [1.29, 1.82) is 0 Å². The Balaban J connectivity index is 2.74. The van der Waals surface area contributed by atoms with Gasteiger partial charge in [-0.2, -0.15) is 0 Å². The van der Waals surface area contributed by atoms with Crippen LogP contribution in [0, 0.1) is 7.05 Å². The van der Waals surface area contributed by atoms with Crippen LogP contribution in [0.15, 0.2) is 24.3 Å². The minimum atomic E-state index is 0.844. The van der Waals surface area contributed by atoms with E-state index >= 15 is 0 Å². The molecule has 0 saturated heterocycles. The first kappa shape index (κ1) is 7.88. The predicted molar refractivity (Wildman–Crippen MR) is 43.9 cm³/mol. The maximum absolute atomic E-state index is 5.03. The van der Waals surface area contributed by atoms with Gasteiger partial charge in [0.2, 0.25) is 0 Å². The van der Waals surface area contributed by atoms with E-state index in [4.69, 9.17) is 4.74 Å². The average Bonchev–Trinajstić information content (AvgIpc) is 2.06. The number of nitrogens with two attached hydrogens (primary N) is 1. The molecule has 0 aliphatic rings. The van der Waals surface area contributed by atoms with Gasteiger partial charge in [-0.1, -0.05) is 6.07 Å². The summed E-state index contributed by atoms with van der Waals surface area (Å²) in [6.07, 6.45) is 0. The Bertz CT molecular complexity index is 225. The summed E-state index contributed by atoms with van der Waals surface area (Å²) in [5.74, 6) is 0.844. The van der Waals surface area contributed by atoms with E-state index in [2.05, 4.69) is 12.5 Å². The third-order valence-electron chi connectivity index (χ3n) is 1.34. The predicted octanol–water partition coefficient (Wildman–Crippen LogP) is 0.377. The van der Waals surface area contributed by atoms with Crippen molar-refractivity contribution in [3.8, 4) is 5.75 Å². The molecule has 0 spiro atoms. The lowest BCUT2D eigenvalue weighted by atomic mass is 10.3. The highest BCUT2D eigenvalue weighted by atomic mass is 16.5. The Hall–Kier alpha value is -1.22. The van der Waals surface area contributed by atoms with Gasteiger partial charge in [-0.25, -0.2) is 0 Å². The van der Waals surface area contributed by atoms with E-state index in [1.165, 1.54) is 0 Å². The first-order chi connectivity index (χ1) is 5.36. The fourth-order valence-electron chi connectivity index (χ4n) is 0.831. The van der Waals surface area contributed by atoms with Gasteiger partial charge >= 0.3 is 0 Å². The van der Waals surface area contributed by atoms with Crippen LogP contribution >= 0.6 is 0 Å². The summed E-state index contributed by atoms with van der Waals surface area (Å²) in [5.41, 5.74) is 5.59. The number of benzene rings is 1. The SMILES string of the molecule is [CH2-][NH2+]Nc1cccc(OC)c1. The van der Waals surface area contributed by atoms with Gasteiger partial charge in [-0.05, 0) is 12.1 Å². The van der Waals surface area contributed by atoms with Crippen LogP contribution in [-0.4, -0.2) is 7.11 Å². The van der Waals surface area contributed by atoms with E-state index in [1.54, 1.807) is 12.5 Å². The van der Waals surface area contributed by atoms with Crippen LogP contribution in [-0.2, 0) is 0 Å². The number of hydrogen-bond donors (Lipinski definition) is 2. The van der Waals surface area contributed by atoms with E-state index in [0.717, 1.165) is 11.4 Å². The zero-order chi connectivity index (χ0) is 8.10. The fraction of sp³-hybridized carbons (Fsp3) is 0.125. The number of ether oxygens (including phenoxy) is 1. The lowest BCUT2D eigenvalue weighted by Crippen LogP contribution is -2.81. The highest BCUT2D eigenvalue weighted by Gasteiger charge is 1.92. The van der Waals surface area contributed by atoms with Crippen molar-refractivity contribution in [2.75, 3.05) is 12.5 Å². The van der Waals surface area contributed by atoms with Gasteiger partial charge in [-0.15, -0.1) is 7.05 Å². The summed E-state index contributed by atoms with van der Waals surface area (Å²) in [6.45, 7) is 0. The van der Waals surface area contributed by atoms with E-state index in [1.807, 2.05) is 24.3 Å². The second kappa shape index (κ2) is 3.83.